The molecule has 1 aromatic carbocycles. The molecule has 1 aromatic rings. The number of nitrogen functional groups attached to an aromatic ring is 1. The molecule has 1 saturated heterocycles. The van der Waals surface area contributed by atoms with Crippen molar-refractivity contribution in [1.29, 1.82) is 0 Å². The van der Waals surface area contributed by atoms with Crippen molar-refractivity contribution in [3.8, 4) is 0 Å². The van der Waals surface area contributed by atoms with E-state index in [1.807, 2.05) is 12.1 Å². The lowest BCUT2D eigenvalue weighted by Crippen LogP contribution is -2.46. The minimum absolute atomic E-state index is 0. The second kappa shape index (κ2) is 9.93. The van der Waals surface area contributed by atoms with Gasteiger partial charge in [0.05, 0.1) is 5.56 Å². The van der Waals surface area contributed by atoms with Crippen LogP contribution in [0.3, 0.4) is 0 Å². The van der Waals surface area contributed by atoms with Crippen molar-refractivity contribution in [2.24, 2.45) is 5.92 Å². The number of nitrogens with one attached hydrogen (secondary N) is 1. The minimum Gasteiger partial charge on any atom is -0.398 e. The van der Waals surface area contributed by atoms with E-state index in [9.17, 15) is 4.79 Å². The highest BCUT2D eigenvalue weighted by atomic mass is 35.5. The van der Waals surface area contributed by atoms with Gasteiger partial charge in [0.1, 0.15) is 0 Å². The molecule has 2 rings (SSSR count). The number of carbonyl (C=O) groups excluding carboxylic acids is 1. The zero-order valence-electron chi connectivity index (χ0n) is 13.2. The van der Waals surface area contributed by atoms with Crippen LogP contribution in [0.1, 0.15) is 37.0 Å². The highest BCUT2D eigenvalue weighted by Crippen LogP contribution is 2.17. The Morgan fingerprint density at radius 1 is 1.41 bits per heavy atom. The zero-order valence-corrected chi connectivity index (χ0v) is 14.9. The highest BCUT2D eigenvalue weighted by Gasteiger charge is 2.21. The lowest BCUT2D eigenvalue weighted by Gasteiger charge is -2.35. The number of nitrogens with two attached hydrogens (primary N) is 1. The summed E-state index contributed by atoms with van der Waals surface area (Å²) >= 11 is 0. The molecule has 1 aliphatic heterocycles. The second-order valence-electron chi connectivity index (χ2n) is 5.89. The van der Waals surface area contributed by atoms with Crippen molar-refractivity contribution in [2.45, 2.75) is 32.7 Å². The molecule has 3 N–H and O–H groups in total. The molecule has 0 radical (unpaired) electrons. The van der Waals surface area contributed by atoms with Gasteiger partial charge in [-0.25, -0.2) is 0 Å². The number of anilines is 1. The number of para-hydroxylation sites is 1. The first kappa shape index (κ1) is 21.0. The molecule has 0 saturated carbocycles. The van der Waals surface area contributed by atoms with Crippen molar-refractivity contribution in [3.63, 3.8) is 0 Å². The molecule has 0 spiro atoms. The van der Waals surface area contributed by atoms with Crippen LogP contribution in [0.4, 0.5) is 5.69 Å². The molecule has 0 aliphatic carbocycles. The summed E-state index contributed by atoms with van der Waals surface area (Å²) < 4.78 is 0. The first-order valence-electron chi connectivity index (χ1n) is 7.44. The summed E-state index contributed by atoms with van der Waals surface area (Å²) in [6.45, 7) is 7.40. The van der Waals surface area contributed by atoms with E-state index in [1.54, 1.807) is 12.1 Å². The van der Waals surface area contributed by atoms with Crippen LogP contribution in [0, 0.1) is 5.92 Å². The molecule has 2 unspecified atom stereocenters. The van der Waals surface area contributed by atoms with Gasteiger partial charge in [0.25, 0.3) is 5.91 Å². The van der Waals surface area contributed by atoms with Crippen molar-refractivity contribution in [3.05, 3.63) is 29.8 Å². The van der Waals surface area contributed by atoms with Gasteiger partial charge in [-0.15, -0.1) is 24.8 Å². The maximum Gasteiger partial charge on any atom is 0.253 e. The number of halogens is 2. The van der Waals surface area contributed by atoms with E-state index in [4.69, 9.17) is 5.73 Å². The normalized spacial score (nSPS) is 19.5. The minimum atomic E-state index is -0.0833. The van der Waals surface area contributed by atoms with Crippen LogP contribution in [0.2, 0.25) is 0 Å². The Bertz CT molecular complexity index is 470. The molecule has 22 heavy (non-hydrogen) atoms. The average Bonchev–Trinajstić information content (AvgIpc) is 2.45. The maximum atomic E-state index is 12.1. The third-order valence-electron chi connectivity index (χ3n) is 4.08. The fourth-order valence-corrected chi connectivity index (χ4v) is 2.79. The predicted octanol–water partition coefficient (Wildman–Crippen LogP) is 2.96. The van der Waals surface area contributed by atoms with E-state index >= 15 is 0 Å². The van der Waals surface area contributed by atoms with Crippen LogP contribution < -0.4 is 11.1 Å². The van der Waals surface area contributed by atoms with Crippen LogP contribution >= 0.6 is 24.8 Å². The third kappa shape index (κ3) is 5.67. The van der Waals surface area contributed by atoms with Gasteiger partial charge in [-0.05, 0) is 44.4 Å². The van der Waals surface area contributed by atoms with Gasteiger partial charge in [-0.3, -0.25) is 9.69 Å². The van der Waals surface area contributed by atoms with Crippen LogP contribution in [-0.2, 0) is 0 Å². The van der Waals surface area contributed by atoms with Gasteiger partial charge in [-0.2, -0.15) is 0 Å². The molecule has 0 bridgehead atoms. The Hall–Kier alpha value is -0.970. The molecule has 1 aliphatic rings. The molecule has 2 atom stereocenters. The van der Waals surface area contributed by atoms with Gasteiger partial charge < -0.3 is 11.1 Å². The standard InChI is InChI=1S/C16H25N3O.2ClH/c1-12-6-5-9-19(11-12)13(2)10-18-16(20)14-7-3-4-8-15(14)17;;/h3-4,7-8,12-13H,5-6,9-11,17H2,1-2H3,(H,18,20);2*1H. The molecule has 4 nitrogen and oxygen atoms in total. The zero-order chi connectivity index (χ0) is 14.5. The summed E-state index contributed by atoms with van der Waals surface area (Å²) in [5.41, 5.74) is 6.91. The number of amides is 1. The van der Waals surface area contributed by atoms with E-state index < -0.39 is 0 Å². The van der Waals surface area contributed by atoms with Crippen LogP contribution in [0.15, 0.2) is 24.3 Å². The molecule has 1 fully saturated rings. The van der Waals surface area contributed by atoms with Gasteiger partial charge >= 0.3 is 0 Å². The molecule has 6 heteroatoms. The third-order valence-corrected chi connectivity index (χ3v) is 4.08. The Kier molecular flexibility index (Phi) is 9.49. The van der Waals surface area contributed by atoms with E-state index in [-0.39, 0.29) is 30.7 Å². The Balaban J connectivity index is 0.00000220. The number of hydrogen-bond donors (Lipinski definition) is 2. The predicted molar refractivity (Wildman–Crippen MR) is 97.1 cm³/mol. The Morgan fingerprint density at radius 3 is 2.73 bits per heavy atom. The smallest absolute Gasteiger partial charge is 0.253 e. The summed E-state index contributed by atoms with van der Waals surface area (Å²) in [6, 6.07) is 7.56. The topological polar surface area (TPSA) is 58.4 Å². The Labute approximate surface area is 145 Å². The molecular weight excluding hydrogens is 321 g/mol. The monoisotopic (exact) mass is 347 g/mol. The first-order valence-corrected chi connectivity index (χ1v) is 7.44. The molecule has 126 valence electrons. The van der Waals surface area contributed by atoms with Crippen molar-refractivity contribution < 1.29 is 4.79 Å². The summed E-state index contributed by atoms with van der Waals surface area (Å²) in [4.78, 5) is 14.6. The molecule has 1 amide bonds. The number of nitrogens with zero attached hydrogens (tertiary/aromatic N) is 1. The molecular formula is C16H27Cl2N3O. The van der Waals surface area contributed by atoms with Crippen LogP contribution in [0.5, 0.6) is 0 Å². The largest absolute Gasteiger partial charge is 0.398 e. The highest BCUT2D eigenvalue weighted by molar-refractivity contribution is 5.99. The second-order valence-corrected chi connectivity index (χ2v) is 5.89. The van der Waals surface area contributed by atoms with Gasteiger partial charge in [0.2, 0.25) is 0 Å². The maximum absolute atomic E-state index is 12.1. The van der Waals surface area contributed by atoms with Crippen molar-refractivity contribution in [1.82, 2.24) is 10.2 Å². The fraction of sp³-hybridized carbons (Fsp3) is 0.562. The van der Waals surface area contributed by atoms with Gasteiger partial charge in [0, 0.05) is 24.8 Å². The number of rotatable bonds is 4. The fourth-order valence-electron chi connectivity index (χ4n) is 2.79. The van der Waals surface area contributed by atoms with Crippen molar-refractivity contribution >= 4 is 36.4 Å². The first-order chi connectivity index (χ1) is 9.58. The van der Waals surface area contributed by atoms with Crippen LogP contribution in [0.25, 0.3) is 0 Å². The summed E-state index contributed by atoms with van der Waals surface area (Å²) in [5.74, 6) is 0.673. The van der Waals surface area contributed by atoms with E-state index in [0.29, 0.717) is 23.8 Å². The van der Waals surface area contributed by atoms with E-state index in [2.05, 4.69) is 24.1 Å². The number of likely N-dealkylation sites (tertiary alicyclic amines) is 1. The van der Waals surface area contributed by atoms with Gasteiger partial charge in [-0.1, -0.05) is 19.1 Å². The Morgan fingerprint density at radius 2 is 2.09 bits per heavy atom. The lowest BCUT2D eigenvalue weighted by molar-refractivity contribution is 0.0918. The van der Waals surface area contributed by atoms with Crippen molar-refractivity contribution in [2.75, 3.05) is 25.4 Å². The SMILES string of the molecule is CC1CCCN(C(C)CNC(=O)c2ccccc2N)C1.Cl.Cl. The summed E-state index contributed by atoms with van der Waals surface area (Å²) in [6.07, 6.45) is 2.57. The molecule has 1 heterocycles. The average molecular weight is 348 g/mol. The van der Waals surface area contributed by atoms with Gasteiger partial charge in [0.15, 0.2) is 0 Å². The molecule has 0 aromatic heterocycles. The van der Waals surface area contributed by atoms with E-state index in [1.165, 1.54) is 12.8 Å². The lowest BCUT2D eigenvalue weighted by atomic mass is 9.99. The number of benzene rings is 1. The van der Waals surface area contributed by atoms with E-state index in [0.717, 1.165) is 19.0 Å². The summed E-state index contributed by atoms with van der Waals surface area (Å²) in [5, 5.41) is 2.99. The summed E-state index contributed by atoms with van der Waals surface area (Å²) in [7, 11) is 0. The number of carbonyl (C=O) groups is 1. The quantitative estimate of drug-likeness (QED) is 0.823. The van der Waals surface area contributed by atoms with Crippen LogP contribution in [-0.4, -0.2) is 36.5 Å². The number of hydrogen-bond acceptors (Lipinski definition) is 3. The number of piperidine rings is 1.